The number of rotatable bonds is 1. The highest BCUT2D eigenvalue weighted by Gasteiger charge is 2.28. The number of oxime groups is 1. The molecule has 1 aliphatic heterocycles. The minimum absolute atomic E-state index is 0.293. The molecule has 0 aliphatic carbocycles. The van der Waals surface area contributed by atoms with E-state index in [1.54, 1.807) is 10.6 Å². The van der Waals surface area contributed by atoms with Crippen LogP contribution in [0.1, 0.15) is 12.8 Å². The second-order valence-corrected chi connectivity index (χ2v) is 3.60. The predicted octanol–water partition coefficient (Wildman–Crippen LogP) is 0.483. The summed E-state index contributed by atoms with van der Waals surface area (Å²) in [7, 11) is 3.68. The molecule has 1 saturated heterocycles. The summed E-state index contributed by atoms with van der Waals surface area (Å²) in [5.41, 5.74) is 0. The van der Waals surface area contributed by atoms with Crippen LogP contribution in [-0.2, 0) is 4.84 Å². The fraction of sp³-hybridized carbons (Fsp3) is 0.600. The molecule has 0 amide bonds. The van der Waals surface area contributed by atoms with Gasteiger partial charge in [0.1, 0.15) is 6.07 Å². The van der Waals surface area contributed by atoms with Crippen LogP contribution in [-0.4, -0.2) is 48.5 Å². The summed E-state index contributed by atoms with van der Waals surface area (Å²) >= 11 is 0. The third kappa shape index (κ3) is 2.96. The molecule has 1 rings (SSSR count). The molecule has 0 aromatic heterocycles. The van der Waals surface area contributed by atoms with E-state index in [1.807, 2.05) is 19.0 Å². The van der Waals surface area contributed by atoms with Crippen LogP contribution in [0.4, 0.5) is 0 Å². The Morgan fingerprint density at radius 2 is 2.12 bits per heavy atom. The molecule has 0 bridgehead atoms. The average Bonchev–Trinajstić information content (AvgIpc) is 2.77. The maximum atomic E-state index is 8.53. The molecule has 0 radical (unpaired) electrons. The molecule has 0 saturated carbocycles. The van der Waals surface area contributed by atoms with Gasteiger partial charge in [0.05, 0.1) is 32.3 Å². The lowest BCUT2D eigenvalue weighted by Crippen LogP contribution is -2.35. The fourth-order valence-electron chi connectivity index (χ4n) is 1.48. The van der Waals surface area contributed by atoms with Crippen LogP contribution in [0, 0.1) is 17.9 Å². The minimum Gasteiger partial charge on any atom is -0.348 e. The summed E-state index contributed by atoms with van der Waals surface area (Å²) in [6.07, 6.45) is 2.25. The first kappa shape index (κ1) is 12.0. The summed E-state index contributed by atoms with van der Waals surface area (Å²) in [4.78, 5) is 10.1. The van der Waals surface area contributed by atoms with Crippen LogP contribution in [0.5, 0.6) is 0 Å². The number of nitriles is 1. The lowest BCUT2D eigenvalue weighted by atomic mass is 10.4. The van der Waals surface area contributed by atoms with Gasteiger partial charge in [-0.1, -0.05) is 6.57 Å². The van der Waals surface area contributed by atoms with Gasteiger partial charge in [0.2, 0.25) is 0 Å². The molecule has 84 valence electrons. The SMILES string of the molecule is [C-]#[N+]/C(C#N)=N\OC(N1CCCC1)=[N+](C)C. The number of hydrogen-bond acceptors (Lipinski definition) is 3. The maximum absolute atomic E-state index is 8.53. The zero-order valence-corrected chi connectivity index (χ0v) is 9.47. The highest BCUT2D eigenvalue weighted by atomic mass is 16.7. The quantitative estimate of drug-likeness (QED) is 0.212. The molecule has 0 N–H and O–H groups in total. The second kappa shape index (κ2) is 5.72. The molecule has 6 heteroatoms. The number of likely N-dealkylation sites (tertiary alicyclic amines) is 1. The zero-order valence-electron chi connectivity index (χ0n) is 9.47. The highest BCUT2D eigenvalue weighted by molar-refractivity contribution is 6.03. The summed E-state index contributed by atoms with van der Waals surface area (Å²) < 4.78 is 1.79. The van der Waals surface area contributed by atoms with Gasteiger partial charge in [-0.2, -0.15) is 4.84 Å². The van der Waals surface area contributed by atoms with Crippen molar-refractivity contribution in [3.8, 4) is 6.07 Å². The third-order valence-electron chi connectivity index (χ3n) is 2.18. The first-order chi connectivity index (χ1) is 7.69. The zero-order chi connectivity index (χ0) is 12.0. The first-order valence-electron chi connectivity index (χ1n) is 5.01. The molecule has 1 heterocycles. The van der Waals surface area contributed by atoms with Crippen molar-refractivity contribution in [2.45, 2.75) is 12.8 Å². The van der Waals surface area contributed by atoms with Gasteiger partial charge in [0.25, 0.3) is 0 Å². The Kier molecular flexibility index (Phi) is 4.28. The molecule has 1 fully saturated rings. The molecular formula is C10H14N5O+. The Bertz CT molecular complexity index is 372. The van der Waals surface area contributed by atoms with Crippen LogP contribution < -0.4 is 0 Å². The van der Waals surface area contributed by atoms with E-state index in [9.17, 15) is 0 Å². The molecule has 0 aromatic carbocycles. The van der Waals surface area contributed by atoms with Crippen LogP contribution in [0.3, 0.4) is 0 Å². The van der Waals surface area contributed by atoms with Crippen LogP contribution in [0.25, 0.3) is 4.85 Å². The molecule has 0 atom stereocenters. The van der Waals surface area contributed by atoms with Gasteiger partial charge < -0.3 is 4.85 Å². The third-order valence-corrected chi connectivity index (χ3v) is 2.18. The van der Waals surface area contributed by atoms with Crippen molar-refractivity contribution in [3.05, 3.63) is 11.4 Å². The molecule has 6 nitrogen and oxygen atoms in total. The van der Waals surface area contributed by atoms with Crippen molar-refractivity contribution in [2.24, 2.45) is 5.16 Å². The van der Waals surface area contributed by atoms with Gasteiger partial charge in [-0.15, -0.1) is 0 Å². The Morgan fingerprint density at radius 1 is 1.50 bits per heavy atom. The first-order valence-corrected chi connectivity index (χ1v) is 5.01. The summed E-state index contributed by atoms with van der Waals surface area (Å²) in [6, 6.07) is 2.23. The van der Waals surface area contributed by atoms with Crippen molar-refractivity contribution in [1.29, 1.82) is 5.26 Å². The topological polar surface area (TPSA) is 56.0 Å². The van der Waals surface area contributed by atoms with E-state index in [1.165, 1.54) is 0 Å². The van der Waals surface area contributed by atoms with E-state index in [4.69, 9.17) is 16.7 Å². The Hall–Kier alpha value is -2.08. The smallest absolute Gasteiger partial charge is 0.348 e. The Balaban J connectivity index is 2.76. The van der Waals surface area contributed by atoms with E-state index < -0.39 is 0 Å². The van der Waals surface area contributed by atoms with Gasteiger partial charge in [0, 0.05) is 0 Å². The van der Waals surface area contributed by atoms with Crippen LogP contribution in [0.2, 0.25) is 0 Å². The van der Waals surface area contributed by atoms with Crippen LogP contribution in [0.15, 0.2) is 5.16 Å². The fourth-order valence-corrected chi connectivity index (χ4v) is 1.48. The molecule has 16 heavy (non-hydrogen) atoms. The van der Waals surface area contributed by atoms with Crippen molar-refractivity contribution in [3.63, 3.8) is 0 Å². The van der Waals surface area contributed by atoms with Gasteiger partial charge in [-0.3, -0.25) is 0 Å². The average molecular weight is 220 g/mol. The largest absolute Gasteiger partial charge is 0.492 e. The Labute approximate surface area is 94.8 Å². The second-order valence-electron chi connectivity index (χ2n) is 3.60. The molecule has 0 spiro atoms. The normalized spacial score (nSPS) is 15.2. The van der Waals surface area contributed by atoms with Crippen LogP contribution >= 0.6 is 0 Å². The Morgan fingerprint density at radius 3 is 2.56 bits per heavy atom. The van der Waals surface area contributed by atoms with Gasteiger partial charge >= 0.3 is 11.9 Å². The van der Waals surface area contributed by atoms with Gasteiger partial charge in [-0.25, -0.2) is 14.7 Å². The number of hydrogen-bond donors (Lipinski definition) is 0. The summed E-state index contributed by atoms with van der Waals surface area (Å²) in [5.74, 6) is -0.293. The molecule has 1 aliphatic rings. The van der Waals surface area contributed by atoms with E-state index >= 15 is 0 Å². The van der Waals surface area contributed by atoms with Crippen molar-refractivity contribution in [2.75, 3.05) is 27.2 Å². The lowest BCUT2D eigenvalue weighted by molar-refractivity contribution is -0.481. The molecule has 0 unspecified atom stereocenters. The van der Waals surface area contributed by atoms with Crippen molar-refractivity contribution in [1.82, 2.24) is 4.90 Å². The predicted molar refractivity (Wildman–Crippen MR) is 58.7 cm³/mol. The van der Waals surface area contributed by atoms with E-state index in [0.717, 1.165) is 25.9 Å². The van der Waals surface area contributed by atoms with Gasteiger partial charge in [0.15, 0.2) is 0 Å². The summed E-state index contributed by atoms with van der Waals surface area (Å²) in [5, 5.41) is 12.0. The lowest BCUT2D eigenvalue weighted by Gasteiger charge is -2.08. The minimum atomic E-state index is -0.293. The highest BCUT2D eigenvalue weighted by Crippen LogP contribution is 2.08. The van der Waals surface area contributed by atoms with E-state index in [0.29, 0.717) is 6.02 Å². The van der Waals surface area contributed by atoms with Gasteiger partial charge in [-0.05, 0) is 12.8 Å². The molecular weight excluding hydrogens is 206 g/mol. The van der Waals surface area contributed by atoms with Crippen molar-refractivity contribution < 1.29 is 9.41 Å². The number of amidine groups is 2. The van der Waals surface area contributed by atoms with E-state index in [-0.39, 0.29) is 5.84 Å². The standard InChI is InChI=1S/C10H14N5O/c1-12-9(8-11)13-16-10(14(2)3)15-6-4-5-7-15/h4-7H2,2-3H3/q+1/b13-9-. The van der Waals surface area contributed by atoms with E-state index in [2.05, 4.69) is 10.0 Å². The van der Waals surface area contributed by atoms with Crippen molar-refractivity contribution >= 4 is 11.9 Å². The maximum Gasteiger partial charge on any atom is 0.492 e. The summed E-state index contributed by atoms with van der Waals surface area (Å²) in [6.45, 7) is 8.52. The molecule has 0 aromatic rings. The number of nitrogens with zero attached hydrogens (tertiary/aromatic N) is 5. The monoisotopic (exact) mass is 220 g/mol.